The highest BCUT2D eigenvalue weighted by Crippen LogP contribution is 2.47. The van der Waals surface area contributed by atoms with Gasteiger partial charge in [-0.15, -0.1) is 0 Å². The molecule has 4 unspecified atom stereocenters. The van der Waals surface area contributed by atoms with Crippen LogP contribution in [0.25, 0.3) is 0 Å². The van der Waals surface area contributed by atoms with Crippen LogP contribution < -0.4 is 5.32 Å². The molecule has 162 valence electrons. The molecule has 4 atom stereocenters. The van der Waals surface area contributed by atoms with Gasteiger partial charge in [0, 0.05) is 38.3 Å². The smallest absolute Gasteiger partial charge is 0.262 e. The quantitative estimate of drug-likeness (QED) is 0.618. The molecule has 1 aliphatic heterocycles. The highest BCUT2D eigenvalue weighted by molar-refractivity contribution is 7.89. The van der Waals surface area contributed by atoms with E-state index in [1.807, 2.05) is 18.2 Å². The van der Waals surface area contributed by atoms with Gasteiger partial charge in [-0.3, -0.25) is 0 Å². The van der Waals surface area contributed by atoms with E-state index >= 15 is 0 Å². The van der Waals surface area contributed by atoms with Crippen molar-refractivity contribution in [1.82, 2.24) is 19.2 Å². The largest absolute Gasteiger partial charge is 0.339 e. The molecule has 2 aliphatic rings. The van der Waals surface area contributed by atoms with Gasteiger partial charge in [0.15, 0.2) is 5.03 Å². The van der Waals surface area contributed by atoms with E-state index in [4.69, 9.17) is 0 Å². The van der Waals surface area contributed by atoms with Crippen LogP contribution in [0.15, 0.2) is 78.2 Å². The Morgan fingerprint density at radius 3 is 2.23 bits per heavy atom. The van der Waals surface area contributed by atoms with Crippen LogP contribution in [0.2, 0.25) is 0 Å². The van der Waals surface area contributed by atoms with E-state index in [9.17, 15) is 8.42 Å². The van der Waals surface area contributed by atoms with E-state index in [0.717, 1.165) is 6.54 Å². The number of nitrogens with one attached hydrogen (secondary N) is 1. The average molecular weight is 437 g/mol. The number of sulfonamides is 1. The Labute approximate surface area is 184 Å². The Morgan fingerprint density at radius 1 is 0.968 bits per heavy atom. The van der Waals surface area contributed by atoms with E-state index in [1.54, 1.807) is 22.1 Å². The van der Waals surface area contributed by atoms with Gasteiger partial charge in [-0.1, -0.05) is 60.7 Å². The predicted molar refractivity (Wildman–Crippen MR) is 120 cm³/mol. The van der Waals surface area contributed by atoms with Crippen LogP contribution in [0, 0.1) is 5.92 Å². The molecule has 1 aliphatic carbocycles. The number of rotatable bonds is 7. The molecule has 2 fully saturated rings. The lowest BCUT2D eigenvalue weighted by Crippen LogP contribution is -2.38. The van der Waals surface area contributed by atoms with Gasteiger partial charge in [-0.25, -0.2) is 13.4 Å². The van der Waals surface area contributed by atoms with Gasteiger partial charge >= 0.3 is 0 Å². The van der Waals surface area contributed by atoms with Crippen LogP contribution in [-0.2, 0) is 17.1 Å². The maximum Gasteiger partial charge on any atom is 0.262 e. The predicted octanol–water partition coefficient (Wildman–Crippen LogP) is 2.97. The number of hydrogen-bond donors (Lipinski definition) is 1. The van der Waals surface area contributed by atoms with E-state index in [2.05, 4.69) is 52.8 Å². The summed E-state index contributed by atoms with van der Waals surface area (Å²) in [6.45, 7) is 1.83. The Kier molecular flexibility index (Phi) is 5.42. The number of nitrogens with zero attached hydrogens (tertiary/aromatic N) is 3. The van der Waals surface area contributed by atoms with Crippen molar-refractivity contribution in [3.05, 3.63) is 84.3 Å². The Morgan fingerprint density at radius 2 is 1.61 bits per heavy atom. The molecule has 1 saturated carbocycles. The second kappa shape index (κ2) is 8.22. The Bertz CT molecular complexity index is 1130. The third-order valence-electron chi connectivity index (χ3n) is 6.59. The van der Waals surface area contributed by atoms with Gasteiger partial charge < -0.3 is 9.88 Å². The summed E-state index contributed by atoms with van der Waals surface area (Å²) in [6.07, 6.45) is 4.29. The van der Waals surface area contributed by atoms with Crippen molar-refractivity contribution in [3.63, 3.8) is 0 Å². The van der Waals surface area contributed by atoms with E-state index in [1.165, 1.54) is 23.9 Å². The highest BCUT2D eigenvalue weighted by atomic mass is 32.2. The van der Waals surface area contributed by atoms with Crippen LogP contribution in [0.5, 0.6) is 0 Å². The fraction of sp³-hybridized carbons (Fsp3) is 0.375. The molecule has 6 nitrogen and oxygen atoms in total. The number of imidazole rings is 1. The highest BCUT2D eigenvalue weighted by Gasteiger charge is 2.43. The molecule has 1 aromatic heterocycles. The molecule has 1 saturated heterocycles. The van der Waals surface area contributed by atoms with Crippen LogP contribution >= 0.6 is 0 Å². The second-order valence-electron chi connectivity index (χ2n) is 8.74. The molecule has 0 radical (unpaired) electrons. The molecule has 31 heavy (non-hydrogen) atoms. The first-order valence-electron chi connectivity index (χ1n) is 10.8. The van der Waals surface area contributed by atoms with Gasteiger partial charge in [0.1, 0.15) is 0 Å². The third kappa shape index (κ3) is 4.18. The monoisotopic (exact) mass is 436 g/mol. The summed E-state index contributed by atoms with van der Waals surface area (Å²) >= 11 is 0. The maximum absolute atomic E-state index is 13.2. The second-order valence-corrected chi connectivity index (χ2v) is 10.6. The topological polar surface area (TPSA) is 67.2 Å². The van der Waals surface area contributed by atoms with Crippen molar-refractivity contribution in [1.29, 1.82) is 0 Å². The summed E-state index contributed by atoms with van der Waals surface area (Å²) in [4.78, 5) is 4.10. The molecular formula is C24H28N4O2S. The van der Waals surface area contributed by atoms with Crippen molar-refractivity contribution in [2.45, 2.75) is 29.3 Å². The third-order valence-corrected chi connectivity index (χ3v) is 8.31. The van der Waals surface area contributed by atoms with Crippen LogP contribution in [-0.4, -0.2) is 48.0 Å². The molecule has 2 aromatic carbocycles. The van der Waals surface area contributed by atoms with E-state index < -0.39 is 10.0 Å². The molecule has 0 amide bonds. The summed E-state index contributed by atoms with van der Waals surface area (Å²) in [7, 11) is -1.82. The SMILES string of the molecule is Cn1cnc(S(=O)(=O)N2CC(NCC3CC3c3ccccc3)C(c3ccccc3)C2)c1. The van der Waals surface area contributed by atoms with Crippen LogP contribution in [0.3, 0.4) is 0 Å². The van der Waals surface area contributed by atoms with Gasteiger partial charge in [-0.05, 0) is 35.9 Å². The minimum Gasteiger partial charge on any atom is -0.339 e. The lowest BCUT2D eigenvalue weighted by atomic mass is 9.94. The van der Waals surface area contributed by atoms with Gasteiger partial charge in [-0.2, -0.15) is 4.31 Å². The van der Waals surface area contributed by atoms with Crippen molar-refractivity contribution in [2.75, 3.05) is 19.6 Å². The summed E-state index contributed by atoms with van der Waals surface area (Å²) in [5, 5.41) is 3.84. The number of aryl methyl sites for hydroxylation is 1. The number of hydrogen-bond acceptors (Lipinski definition) is 4. The first-order chi connectivity index (χ1) is 15.0. The van der Waals surface area contributed by atoms with Crippen LogP contribution in [0.4, 0.5) is 0 Å². The standard InChI is InChI=1S/C24H28N4O2S/c1-27-16-24(26-17-27)31(29,30)28-14-22(19-10-6-3-7-11-19)23(15-28)25-13-20-12-21(20)18-8-4-2-5-9-18/h2-11,16-17,20-23,25H,12-15H2,1H3. The zero-order valence-electron chi connectivity index (χ0n) is 17.6. The zero-order chi connectivity index (χ0) is 21.4. The molecule has 5 rings (SSSR count). The van der Waals surface area contributed by atoms with Crippen molar-refractivity contribution < 1.29 is 8.42 Å². The molecule has 0 bridgehead atoms. The minimum atomic E-state index is -3.61. The summed E-state index contributed by atoms with van der Waals surface area (Å²) in [5.74, 6) is 1.34. The maximum atomic E-state index is 13.2. The average Bonchev–Trinajstić information content (AvgIpc) is 3.20. The van der Waals surface area contributed by atoms with Gasteiger partial charge in [0.05, 0.1) is 6.33 Å². The van der Waals surface area contributed by atoms with Crippen molar-refractivity contribution >= 4 is 10.0 Å². The van der Waals surface area contributed by atoms with Gasteiger partial charge in [0.2, 0.25) is 0 Å². The number of benzene rings is 2. The molecule has 3 aromatic rings. The van der Waals surface area contributed by atoms with Crippen molar-refractivity contribution in [3.8, 4) is 0 Å². The Balaban J connectivity index is 1.31. The molecule has 1 N–H and O–H groups in total. The summed E-state index contributed by atoms with van der Waals surface area (Å²) in [6, 6.07) is 21.0. The molecular weight excluding hydrogens is 408 g/mol. The summed E-state index contributed by atoms with van der Waals surface area (Å²) < 4.78 is 29.6. The molecule has 0 spiro atoms. The van der Waals surface area contributed by atoms with Gasteiger partial charge in [0.25, 0.3) is 10.0 Å². The molecule has 2 heterocycles. The fourth-order valence-corrected chi connectivity index (χ4v) is 6.21. The fourth-order valence-electron chi connectivity index (χ4n) is 4.75. The van der Waals surface area contributed by atoms with E-state index in [0.29, 0.717) is 24.9 Å². The number of aromatic nitrogens is 2. The van der Waals surface area contributed by atoms with E-state index in [-0.39, 0.29) is 17.0 Å². The zero-order valence-corrected chi connectivity index (χ0v) is 18.4. The lowest BCUT2D eigenvalue weighted by Gasteiger charge is -2.20. The summed E-state index contributed by atoms with van der Waals surface area (Å²) in [5.41, 5.74) is 2.58. The molecule has 7 heteroatoms. The Hall–Kier alpha value is -2.48. The van der Waals surface area contributed by atoms with Crippen molar-refractivity contribution in [2.24, 2.45) is 13.0 Å². The normalized spacial score (nSPS) is 26.2. The van der Waals surface area contributed by atoms with Crippen LogP contribution in [0.1, 0.15) is 29.4 Å². The first kappa shape index (κ1) is 20.4. The minimum absolute atomic E-state index is 0.0814. The first-order valence-corrected chi connectivity index (χ1v) is 12.3. The lowest BCUT2D eigenvalue weighted by molar-refractivity contribution is 0.449.